The number of nitrogens with one attached hydrogen (secondary N) is 2. The van der Waals surface area contributed by atoms with Gasteiger partial charge in [0, 0.05) is 43.8 Å². The summed E-state index contributed by atoms with van der Waals surface area (Å²) in [7, 11) is 2.30. The Morgan fingerprint density at radius 1 is 1.37 bits per heavy atom. The lowest BCUT2D eigenvalue weighted by atomic mass is 10.1. The van der Waals surface area contributed by atoms with Crippen molar-refractivity contribution in [3.63, 3.8) is 0 Å². The molecule has 0 spiro atoms. The Kier molecular flexibility index (Phi) is 7.64. The molecule has 1 aliphatic carbocycles. The quantitative estimate of drug-likeness (QED) is 0.251. The number of amides is 1. The first-order chi connectivity index (χ1) is 17.6. The van der Waals surface area contributed by atoms with Gasteiger partial charge in [0.1, 0.15) is 10.7 Å². The molecule has 0 saturated heterocycles. The molecular weight excluding hydrogens is 551 g/mol. The van der Waals surface area contributed by atoms with Crippen molar-refractivity contribution >= 4 is 35.1 Å². The molecule has 2 N–H and O–H groups in total. The third kappa shape index (κ3) is 5.23. The van der Waals surface area contributed by atoms with Crippen LogP contribution < -0.4 is 10.1 Å². The van der Waals surface area contributed by atoms with Crippen molar-refractivity contribution in [1.29, 1.82) is 10.7 Å². The maximum Gasteiger partial charge on any atom is 0.459 e. The summed E-state index contributed by atoms with van der Waals surface area (Å²) in [4.78, 5) is 18.0. The Balaban J connectivity index is 2.01. The smallest absolute Gasteiger partial charge is 0.429 e. The van der Waals surface area contributed by atoms with E-state index >= 15 is 0 Å². The molecule has 0 bridgehead atoms. The average molecular weight is 568 g/mol. The summed E-state index contributed by atoms with van der Waals surface area (Å²) < 4.78 is 96.7. The molecule has 1 saturated carbocycles. The predicted octanol–water partition coefficient (Wildman–Crippen LogP) is 4.95. The van der Waals surface area contributed by atoms with Crippen molar-refractivity contribution in [2.75, 3.05) is 12.4 Å². The van der Waals surface area contributed by atoms with Crippen molar-refractivity contribution in [3.05, 3.63) is 40.4 Å². The van der Waals surface area contributed by atoms with Crippen LogP contribution in [0.3, 0.4) is 0 Å². The fourth-order valence-corrected chi connectivity index (χ4v) is 3.51. The fourth-order valence-electron chi connectivity index (χ4n) is 3.33. The third-order valence-electron chi connectivity index (χ3n) is 5.67. The lowest BCUT2D eigenvalue weighted by Gasteiger charge is -2.22. The van der Waals surface area contributed by atoms with Gasteiger partial charge in [0.2, 0.25) is 0 Å². The number of rotatable bonds is 9. The molecule has 2 heterocycles. The van der Waals surface area contributed by atoms with Gasteiger partial charge in [-0.1, -0.05) is 11.6 Å². The van der Waals surface area contributed by atoms with Gasteiger partial charge < -0.3 is 20.4 Å². The number of hydrogen-bond acceptors (Lipinski definition) is 7. The van der Waals surface area contributed by atoms with Gasteiger partial charge in [-0.2, -0.15) is 41.1 Å². The minimum absolute atomic E-state index is 0.0507. The molecule has 0 aliphatic heterocycles. The molecule has 1 aliphatic rings. The summed E-state index contributed by atoms with van der Waals surface area (Å²) in [6, 6.07) is 3.25. The Morgan fingerprint density at radius 3 is 2.50 bits per heavy atom. The number of aryl methyl sites for hydroxylation is 1. The second kappa shape index (κ2) is 10.1. The maximum absolute atomic E-state index is 14.0. The lowest BCUT2D eigenvalue weighted by Crippen LogP contribution is -2.38. The highest BCUT2D eigenvalue weighted by Crippen LogP contribution is 2.49. The summed E-state index contributed by atoms with van der Waals surface area (Å²) in [5.41, 5.74) is -3.31. The van der Waals surface area contributed by atoms with Crippen molar-refractivity contribution in [3.8, 4) is 11.8 Å². The Hall–Kier alpha value is -3.87. The first kappa shape index (κ1) is 28.7. The molecule has 2 aromatic heterocycles. The number of hydrogen-bond donors (Lipinski definition) is 2. The second-order valence-electron chi connectivity index (χ2n) is 8.06. The van der Waals surface area contributed by atoms with Gasteiger partial charge >= 0.3 is 18.7 Å². The van der Waals surface area contributed by atoms with E-state index in [9.17, 15) is 40.8 Å². The van der Waals surface area contributed by atoms with Crippen LogP contribution in [0.5, 0.6) is 5.75 Å². The highest BCUT2D eigenvalue weighted by atomic mass is 35.5. The van der Waals surface area contributed by atoms with E-state index in [0.717, 1.165) is 19.4 Å². The van der Waals surface area contributed by atoms with Crippen LogP contribution in [0.25, 0.3) is 5.57 Å². The van der Waals surface area contributed by atoms with Crippen LogP contribution in [-0.2, 0) is 13.0 Å². The van der Waals surface area contributed by atoms with Gasteiger partial charge in [-0.15, -0.1) is 0 Å². The minimum atomic E-state index is -6.16. The molecule has 0 atom stereocenters. The summed E-state index contributed by atoms with van der Waals surface area (Å²) >= 11 is 6.05. The molecule has 17 heteroatoms. The molecule has 9 nitrogen and oxygen atoms in total. The van der Waals surface area contributed by atoms with E-state index in [2.05, 4.69) is 20.1 Å². The number of nitriles is 1. The van der Waals surface area contributed by atoms with Crippen LogP contribution in [0.4, 0.5) is 36.6 Å². The molecule has 2 aromatic rings. The molecule has 38 heavy (non-hydrogen) atoms. The van der Waals surface area contributed by atoms with Gasteiger partial charge in [-0.05, 0) is 18.9 Å². The molecule has 1 amide bonds. The molecule has 204 valence electrons. The number of halogens is 8. The zero-order valence-electron chi connectivity index (χ0n) is 19.4. The number of carbonyl (C=O) groups is 1. The lowest BCUT2D eigenvalue weighted by molar-refractivity contribution is -0.291. The predicted molar refractivity (Wildman–Crippen MR) is 119 cm³/mol. The molecule has 3 rings (SSSR count). The van der Waals surface area contributed by atoms with E-state index in [0.29, 0.717) is 23.7 Å². The van der Waals surface area contributed by atoms with E-state index in [1.54, 1.807) is 0 Å². The van der Waals surface area contributed by atoms with E-state index in [4.69, 9.17) is 17.0 Å². The summed E-state index contributed by atoms with van der Waals surface area (Å²) in [6.45, 7) is -3.78. The van der Waals surface area contributed by atoms with E-state index < -0.39 is 47.4 Å². The second-order valence-corrected chi connectivity index (χ2v) is 8.42. The van der Waals surface area contributed by atoms with Gasteiger partial charge in [-0.25, -0.2) is 9.67 Å². The van der Waals surface area contributed by atoms with Crippen LogP contribution in [0, 0.1) is 16.7 Å². The largest absolute Gasteiger partial charge is 0.459 e. The highest BCUT2D eigenvalue weighted by molar-refractivity contribution is 6.32. The Labute approximate surface area is 214 Å². The van der Waals surface area contributed by atoms with E-state index in [1.807, 2.05) is 6.07 Å². The third-order valence-corrected chi connectivity index (χ3v) is 5.97. The summed E-state index contributed by atoms with van der Waals surface area (Å²) in [5, 5.41) is 22.0. The van der Waals surface area contributed by atoms with Crippen LogP contribution in [-0.4, -0.2) is 57.2 Å². The number of anilines is 1. The maximum atomic E-state index is 14.0. The van der Waals surface area contributed by atoms with Gasteiger partial charge in [0.05, 0.1) is 11.6 Å². The molecular formula is C21H17ClF7N7O2. The molecule has 1 fully saturated rings. The fraction of sp³-hybridized carbons (Fsp3) is 0.381. The first-order valence-corrected chi connectivity index (χ1v) is 10.8. The summed E-state index contributed by atoms with van der Waals surface area (Å²) in [5.74, 6) is -8.67. The topological polar surface area (TPSA) is 120 Å². The minimum Gasteiger partial charge on any atom is -0.429 e. The van der Waals surface area contributed by atoms with E-state index in [-0.39, 0.29) is 21.9 Å². The van der Waals surface area contributed by atoms with Crippen LogP contribution in [0.1, 0.15) is 34.5 Å². The van der Waals surface area contributed by atoms with Crippen molar-refractivity contribution in [1.82, 2.24) is 19.7 Å². The number of ether oxygens (including phenoxy) is 1. The Morgan fingerprint density at radius 2 is 2.00 bits per heavy atom. The monoisotopic (exact) mass is 567 g/mol. The Bertz CT molecular complexity index is 1330. The number of allylic oxidation sites excluding steroid dienone is 1. The van der Waals surface area contributed by atoms with E-state index in [1.165, 1.54) is 18.0 Å². The number of aromatic nitrogens is 3. The van der Waals surface area contributed by atoms with Gasteiger partial charge in [-0.3, -0.25) is 4.79 Å². The first-order valence-electron chi connectivity index (χ1n) is 10.4. The number of pyridine rings is 1. The number of carbonyl (C=O) groups excluding carboxylic acids is 1. The molecule has 0 aromatic carbocycles. The normalized spacial score (nSPS) is 15.2. The number of alkyl halides is 7. The van der Waals surface area contributed by atoms with Crippen LogP contribution in [0.2, 0.25) is 5.15 Å². The van der Waals surface area contributed by atoms with Crippen LogP contribution in [0.15, 0.2) is 18.5 Å². The summed E-state index contributed by atoms with van der Waals surface area (Å²) in [6.07, 6.45) is -2.55. The van der Waals surface area contributed by atoms with Gasteiger partial charge in [0.25, 0.3) is 5.91 Å². The standard InChI is InChI=1S/C21H17ClF7N7O2/c1-35(19(9-31)3-4-19)17(37)12-5-10(7-32-15(12)22)11(6-30)8-33-16-13(38-18(23)24)14(34-36(16)2)20(25,26)21(27,28)29/h5-8,18,30,33H,3-4H2,1-2H3/b11-8+,30-6?. The average Bonchev–Trinajstić information content (AvgIpc) is 3.58. The molecule has 0 radical (unpaired) electrons. The zero-order valence-corrected chi connectivity index (χ0v) is 20.1. The molecule has 0 unspecified atom stereocenters. The van der Waals surface area contributed by atoms with Crippen molar-refractivity contribution < 1.29 is 40.3 Å². The zero-order chi connectivity index (χ0) is 28.6. The number of nitrogens with zero attached hydrogens (tertiary/aromatic N) is 5. The SMILES string of the molecule is CN(C(=O)c1cc(/C(C=N)=C/Nc2c(OC(F)F)c(C(F)(F)C(F)(F)F)nn2C)cnc1Cl)C1(C#N)CC1. The van der Waals surface area contributed by atoms with Gasteiger partial charge in [0.15, 0.2) is 17.3 Å². The highest BCUT2D eigenvalue weighted by Gasteiger charge is 2.62. The van der Waals surface area contributed by atoms with Crippen LogP contribution >= 0.6 is 11.6 Å². The van der Waals surface area contributed by atoms with Crippen molar-refractivity contribution in [2.24, 2.45) is 7.05 Å². The van der Waals surface area contributed by atoms with Crippen molar-refractivity contribution in [2.45, 2.75) is 37.1 Å².